The largest absolute Gasteiger partial charge is 0.416 e. The molecule has 0 aliphatic heterocycles. The van der Waals surface area contributed by atoms with Crippen molar-refractivity contribution < 1.29 is 21.6 Å². The summed E-state index contributed by atoms with van der Waals surface area (Å²) in [4.78, 5) is 8.21. The first kappa shape index (κ1) is 25.9. The SMILES string of the molecule is Cc1ncn(-c2cc(N(c3ccc(C)c(C#Cc4cnc5[nH]ncc5c4)c3)S(C)(=O)=O)cc(C(F)(F)F)c2)n1. The minimum atomic E-state index is -4.74. The maximum absolute atomic E-state index is 13.8. The number of nitrogens with zero attached hydrogens (tertiary/aromatic N) is 6. The molecule has 0 fully saturated rings. The Hall–Kier alpha value is -4.70. The van der Waals surface area contributed by atoms with Crippen LogP contribution in [-0.2, 0) is 16.2 Å². The first-order valence-electron chi connectivity index (χ1n) is 11.4. The first-order valence-corrected chi connectivity index (χ1v) is 13.3. The average Bonchev–Trinajstić information content (AvgIpc) is 3.51. The van der Waals surface area contributed by atoms with Gasteiger partial charge in [0.05, 0.1) is 35.1 Å². The number of halogens is 3. The minimum Gasteiger partial charge on any atom is -0.261 e. The lowest BCUT2D eigenvalue weighted by molar-refractivity contribution is -0.137. The van der Waals surface area contributed by atoms with Crippen molar-refractivity contribution >= 4 is 32.4 Å². The van der Waals surface area contributed by atoms with Crippen LogP contribution in [-0.4, -0.2) is 44.6 Å². The summed E-state index contributed by atoms with van der Waals surface area (Å²) in [5, 5.41) is 11.5. The Balaban J connectivity index is 1.63. The van der Waals surface area contributed by atoms with Gasteiger partial charge in [0.2, 0.25) is 10.0 Å². The number of aryl methyl sites for hydroxylation is 2. The zero-order valence-electron chi connectivity index (χ0n) is 20.8. The Morgan fingerprint density at radius 3 is 2.46 bits per heavy atom. The third-order valence-electron chi connectivity index (χ3n) is 5.76. The molecule has 0 amide bonds. The van der Waals surface area contributed by atoms with E-state index in [4.69, 9.17) is 0 Å². The second-order valence-corrected chi connectivity index (χ2v) is 10.6. The van der Waals surface area contributed by atoms with Gasteiger partial charge in [-0.05, 0) is 55.8 Å². The van der Waals surface area contributed by atoms with Crippen LogP contribution < -0.4 is 4.31 Å². The lowest BCUT2D eigenvalue weighted by Gasteiger charge is -2.25. The molecule has 5 aromatic rings. The van der Waals surface area contributed by atoms with Crippen LogP contribution in [0.1, 0.15) is 28.1 Å². The van der Waals surface area contributed by atoms with Crippen molar-refractivity contribution in [2.75, 3.05) is 10.6 Å². The van der Waals surface area contributed by atoms with Gasteiger partial charge in [0.15, 0.2) is 5.65 Å². The van der Waals surface area contributed by atoms with Crippen LogP contribution in [0.5, 0.6) is 0 Å². The van der Waals surface area contributed by atoms with Crippen molar-refractivity contribution in [1.29, 1.82) is 0 Å². The van der Waals surface area contributed by atoms with Crippen LogP contribution in [0.4, 0.5) is 24.5 Å². The lowest BCUT2D eigenvalue weighted by atomic mass is 10.1. The van der Waals surface area contributed by atoms with E-state index >= 15 is 0 Å². The zero-order valence-corrected chi connectivity index (χ0v) is 21.6. The predicted octanol–water partition coefficient (Wildman–Crippen LogP) is 4.67. The number of H-pyrrole nitrogens is 1. The van der Waals surface area contributed by atoms with E-state index in [-0.39, 0.29) is 17.1 Å². The van der Waals surface area contributed by atoms with E-state index in [1.807, 2.05) is 0 Å². The molecule has 0 saturated carbocycles. The molecule has 0 aliphatic carbocycles. The molecule has 3 heterocycles. The van der Waals surface area contributed by atoms with Gasteiger partial charge in [-0.2, -0.15) is 23.4 Å². The number of nitrogens with one attached hydrogen (secondary N) is 1. The van der Waals surface area contributed by atoms with E-state index in [0.717, 1.165) is 38.3 Å². The highest BCUT2D eigenvalue weighted by Crippen LogP contribution is 2.37. The number of pyridine rings is 1. The summed E-state index contributed by atoms with van der Waals surface area (Å²) in [6.07, 6.45) is 0.634. The van der Waals surface area contributed by atoms with E-state index in [1.165, 1.54) is 24.5 Å². The van der Waals surface area contributed by atoms with Crippen LogP contribution in [0.2, 0.25) is 0 Å². The van der Waals surface area contributed by atoms with E-state index < -0.39 is 21.8 Å². The Kier molecular flexibility index (Phi) is 6.35. The van der Waals surface area contributed by atoms with Gasteiger partial charge < -0.3 is 0 Å². The van der Waals surface area contributed by atoms with Crippen molar-refractivity contribution in [3.05, 3.63) is 89.3 Å². The molecule has 0 spiro atoms. The molecule has 0 bridgehead atoms. The third-order valence-corrected chi connectivity index (χ3v) is 6.84. The number of sulfonamides is 1. The standard InChI is InChI=1S/C26H20F3N7O2S/c1-16-4-7-22(9-19(16)6-5-18-8-20-14-32-33-25(20)30-13-18)36(39(3,37)38)24-11-21(26(27,28)29)10-23(12-24)35-15-31-17(2)34-35/h4,7-15H,1-3H3,(H,30,32,33). The van der Waals surface area contributed by atoms with Crippen molar-refractivity contribution in [3.63, 3.8) is 0 Å². The van der Waals surface area contributed by atoms with Gasteiger partial charge in [0.1, 0.15) is 12.2 Å². The van der Waals surface area contributed by atoms with Crippen LogP contribution >= 0.6 is 0 Å². The Labute approximate surface area is 221 Å². The summed E-state index contributed by atoms with van der Waals surface area (Å²) < 4.78 is 69.5. The third kappa shape index (κ3) is 5.46. The summed E-state index contributed by atoms with van der Waals surface area (Å²) >= 11 is 0. The fourth-order valence-electron chi connectivity index (χ4n) is 3.93. The molecule has 9 nitrogen and oxygen atoms in total. The second kappa shape index (κ2) is 9.55. The van der Waals surface area contributed by atoms with E-state index in [2.05, 4.69) is 37.1 Å². The highest BCUT2D eigenvalue weighted by molar-refractivity contribution is 7.92. The summed E-state index contributed by atoms with van der Waals surface area (Å²) in [7, 11) is -4.09. The first-order chi connectivity index (χ1) is 18.4. The Morgan fingerprint density at radius 2 is 1.77 bits per heavy atom. The number of rotatable bonds is 4. The minimum absolute atomic E-state index is 0.00309. The monoisotopic (exact) mass is 551 g/mol. The molecule has 39 heavy (non-hydrogen) atoms. The fraction of sp³-hybridized carbons (Fsp3) is 0.154. The van der Waals surface area contributed by atoms with E-state index in [9.17, 15) is 21.6 Å². The van der Waals surface area contributed by atoms with Crippen LogP contribution in [0.15, 0.2) is 61.2 Å². The molecule has 3 aromatic heterocycles. The van der Waals surface area contributed by atoms with Gasteiger partial charge in [-0.15, -0.1) is 0 Å². The number of aromatic nitrogens is 6. The number of alkyl halides is 3. The number of hydrogen-bond acceptors (Lipinski definition) is 6. The van der Waals surface area contributed by atoms with E-state index in [1.54, 1.807) is 38.4 Å². The van der Waals surface area contributed by atoms with Crippen molar-refractivity contribution in [3.8, 4) is 17.5 Å². The zero-order chi connectivity index (χ0) is 27.9. The predicted molar refractivity (Wildman–Crippen MR) is 139 cm³/mol. The summed E-state index contributed by atoms with van der Waals surface area (Å²) in [6.45, 7) is 3.39. The smallest absolute Gasteiger partial charge is 0.261 e. The maximum atomic E-state index is 13.8. The van der Waals surface area contributed by atoms with Gasteiger partial charge in [0, 0.05) is 22.7 Å². The second-order valence-electron chi connectivity index (χ2n) is 8.78. The number of benzene rings is 2. The lowest BCUT2D eigenvalue weighted by Crippen LogP contribution is -2.25. The molecule has 0 saturated heterocycles. The molecule has 1 N–H and O–H groups in total. The molecular weight excluding hydrogens is 531 g/mol. The van der Waals surface area contributed by atoms with Crippen molar-refractivity contribution in [2.24, 2.45) is 0 Å². The highest BCUT2D eigenvalue weighted by Gasteiger charge is 2.33. The average molecular weight is 552 g/mol. The summed E-state index contributed by atoms with van der Waals surface area (Å²) in [6, 6.07) is 9.47. The van der Waals surface area contributed by atoms with Gasteiger partial charge in [-0.1, -0.05) is 17.9 Å². The molecule has 13 heteroatoms. The molecule has 0 atom stereocenters. The van der Waals surface area contributed by atoms with Crippen LogP contribution in [0, 0.1) is 25.7 Å². The van der Waals surface area contributed by atoms with Gasteiger partial charge in [-0.25, -0.2) is 27.4 Å². The van der Waals surface area contributed by atoms with Crippen molar-refractivity contribution in [1.82, 2.24) is 29.9 Å². The maximum Gasteiger partial charge on any atom is 0.416 e. The van der Waals surface area contributed by atoms with Gasteiger partial charge in [0.25, 0.3) is 0 Å². The normalized spacial score (nSPS) is 11.8. The van der Waals surface area contributed by atoms with Gasteiger partial charge in [-0.3, -0.25) is 5.10 Å². The number of hydrogen-bond donors (Lipinski definition) is 1. The molecule has 0 aliphatic rings. The molecular formula is C26H20F3N7O2S. The Bertz CT molecular complexity index is 1880. The van der Waals surface area contributed by atoms with Gasteiger partial charge >= 0.3 is 6.18 Å². The summed E-state index contributed by atoms with van der Waals surface area (Å²) in [5.41, 5.74) is 1.34. The topological polar surface area (TPSA) is 110 Å². The number of aromatic amines is 1. The molecule has 0 radical (unpaired) electrons. The summed E-state index contributed by atoms with van der Waals surface area (Å²) in [5.74, 6) is 6.36. The van der Waals surface area contributed by atoms with E-state index in [0.29, 0.717) is 22.6 Å². The van der Waals surface area contributed by atoms with Crippen LogP contribution in [0.3, 0.4) is 0 Å². The van der Waals surface area contributed by atoms with Crippen LogP contribution in [0.25, 0.3) is 16.7 Å². The Morgan fingerprint density at radius 1 is 0.974 bits per heavy atom. The number of anilines is 2. The van der Waals surface area contributed by atoms with Crippen molar-refractivity contribution in [2.45, 2.75) is 20.0 Å². The number of fused-ring (bicyclic) bond motifs is 1. The molecule has 0 unspecified atom stereocenters. The fourth-order valence-corrected chi connectivity index (χ4v) is 4.91. The molecule has 2 aromatic carbocycles. The molecule has 5 rings (SSSR count). The molecule has 198 valence electrons. The highest BCUT2D eigenvalue weighted by atomic mass is 32.2. The quantitative estimate of drug-likeness (QED) is 0.325.